The number of thioether (sulfide) groups is 1. The van der Waals surface area contributed by atoms with Crippen LogP contribution in [0, 0.1) is 10.7 Å². The normalized spacial score (nSPS) is 14.8. The molecule has 2 aromatic rings. The predicted octanol–water partition coefficient (Wildman–Crippen LogP) is 3.59. The van der Waals surface area contributed by atoms with E-state index in [1.165, 1.54) is 34.2 Å². The molecule has 4 heteroatoms. The molecule has 0 unspecified atom stereocenters. The number of rotatable bonds is 2. The Labute approximate surface area is 159 Å². The van der Waals surface area contributed by atoms with Gasteiger partial charge in [0.25, 0.3) is 0 Å². The topological polar surface area (TPSA) is 26.3 Å². The van der Waals surface area contributed by atoms with Crippen LogP contribution >= 0.6 is 11.8 Å². The van der Waals surface area contributed by atoms with Crippen molar-refractivity contribution in [3.8, 4) is 10.7 Å². The van der Waals surface area contributed by atoms with Crippen LogP contribution < -0.4 is 4.46 Å². The molecule has 2 nitrogen and oxygen atoms in total. The third kappa shape index (κ3) is 4.12. The van der Waals surface area contributed by atoms with Gasteiger partial charge in [-0.2, -0.15) is 0 Å². The van der Waals surface area contributed by atoms with Gasteiger partial charge in [-0.25, -0.2) is 0 Å². The molecule has 0 N–H and O–H groups in total. The quantitative estimate of drug-likeness (QED) is 0.426. The summed E-state index contributed by atoms with van der Waals surface area (Å²) < 4.78 is 6.09. The molecular formula is C21H20O2SSe. The van der Waals surface area contributed by atoms with Gasteiger partial charge in [-0.15, -0.1) is 0 Å². The van der Waals surface area contributed by atoms with E-state index in [9.17, 15) is 4.79 Å². The Hall–Kier alpha value is -1.66. The molecule has 25 heavy (non-hydrogen) atoms. The first-order valence-electron chi connectivity index (χ1n) is 8.14. The van der Waals surface area contributed by atoms with Gasteiger partial charge in [0.1, 0.15) is 0 Å². The van der Waals surface area contributed by atoms with Gasteiger partial charge >= 0.3 is 160 Å². The van der Waals surface area contributed by atoms with E-state index in [4.69, 9.17) is 4.74 Å². The molecular weight excluding hydrogens is 395 g/mol. The molecule has 0 radical (unpaired) electrons. The summed E-state index contributed by atoms with van der Waals surface area (Å²) in [6.45, 7) is 4.66. The number of carbonyl (C=O) groups is 1. The molecule has 1 heterocycles. The third-order valence-electron chi connectivity index (χ3n) is 4.34. The van der Waals surface area contributed by atoms with Crippen molar-refractivity contribution in [2.45, 2.75) is 30.6 Å². The van der Waals surface area contributed by atoms with Gasteiger partial charge < -0.3 is 0 Å². The van der Waals surface area contributed by atoms with Gasteiger partial charge in [0.15, 0.2) is 0 Å². The summed E-state index contributed by atoms with van der Waals surface area (Å²) in [6.07, 6.45) is 1.22. The van der Waals surface area contributed by atoms with E-state index in [2.05, 4.69) is 42.8 Å². The number of ether oxygens (including phenoxy) is 1. The molecule has 1 aliphatic rings. The molecule has 0 saturated carbocycles. The molecule has 0 saturated heterocycles. The number of carbonyl (C=O) groups excluding carboxylic acids is 1. The van der Waals surface area contributed by atoms with Crippen LogP contribution in [0.3, 0.4) is 0 Å². The van der Waals surface area contributed by atoms with Gasteiger partial charge in [0, 0.05) is 0 Å². The fourth-order valence-electron chi connectivity index (χ4n) is 2.77. The van der Waals surface area contributed by atoms with Crippen molar-refractivity contribution < 1.29 is 9.53 Å². The number of esters is 1. The van der Waals surface area contributed by atoms with E-state index in [0.717, 1.165) is 5.56 Å². The second-order valence-corrected chi connectivity index (χ2v) is 9.40. The molecule has 1 aliphatic heterocycles. The molecule has 0 spiro atoms. The second-order valence-electron chi connectivity index (χ2n) is 6.51. The molecule has 0 bridgehead atoms. The fourth-order valence-corrected chi connectivity index (χ4v) is 6.20. The monoisotopic (exact) mass is 416 g/mol. The van der Waals surface area contributed by atoms with Crippen LogP contribution in [0.1, 0.15) is 41.8 Å². The predicted molar refractivity (Wildman–Crippen MR) is 105 cm³/mol. The molecule has 0 amide bonds. The molecule has 0 atom stereocenters. The number of hydrogen-bond donors (Lipinski definition) is 0. The molecule has 3 rings (SSSR count). The van der Waals surface area contributed by atoms with Gasteiger partial charge in [-0.05, 0) is 0 Å². The Morgan fingerprint density at radius 1 is 1.20 bits per heavy atom. The molecule has 2 aromatic carbocycles. The third-order valence-corrected chi connectivity index (χ3v) is 7.38. The Balaban J connectivity index is 1.77. The summed E-state index contributed by atoms with van der Waals surface area (Å²) in [7, 11) is 1.39. The Morgan fingerprint density at radius 3 is 2.68 bits per heavy atom. The van der Waals surface area contributed by atoms with Crippen LogP contribution in [0.25, 0.3) is 0 Å². The van der Waals surface area contributed by atoms with Gasteiger partial charge in [-0.3, -0.25) is 0 Å². The van der Waals surface area contributed by atoms with Gasteiger partial charge in [0.2, 0.25) is 0 Å². The average Bonchev–Trinajstić information content (AvgIpc) is 2.62. The van der Waals surface area contributed by atoms with Crippen LogP contribution in [-0.2, 0) is 10.2 Å². The van der Waals surface area contributed by atoms with Crippen molar-refractivity contribution in [2.24, 2.45) is 0 Å². The molecule has 0 fully saturated rings. The van der Waals surface area contributed by atoms with Gasteiger partial charge in [0.05, 0.1) is 0 Å². The minimum atomic E-state index is -0.320. The van der Waals surface area contributed by atoms with Crippen molar-refractivity contribution in [1.29, 1.82) is 0 Å². The molecule has 0 aliphatic carbocycles. The maximum atomic E-state index is 11.5. The van der Waals surface area contributed by atoms with E-state index in [-0.39, 0.29) is 26.3 Å². The van der Waals surface area contributed by atoms with E-state index in [0.29, 0.717) is 5.56 Å². The minimum absolute atomic E-state index is 0.118. The summed E-state index contributed by atoms with van der Waals surface area (Å²) in [5.41, 5.74) is 3.19. The van der Waals surface area contributed by atoms with Crippen LogP contribution in [0.5, 0.6) is 0 Å². The molecule has 128 valence electrons. The maximum absolute atomic E-state index is 11.5. The Morgan fingerprint density at radius 2 is 1.96 bits per heavy atom. The van der Waals surface area contributed by atoms with Gasteiger partial charge in [-0.1, -0.05) is 0 Å². The van der Waals surface area contributed by atoms with Crippen molar-refractivity contribution in [2.75, 3.05) is 12.9 Å². The van der Waals surface area contributed by atoms with Crippen molar-refractivity contribution in [3.63, 3.8) is 0 Å². The Bertz CT molecular complexity index is 844. The SMILES string of the molecule is COC(=O)c1ccc(C#C[Se]c2cccc3c2SCCC3(C)C)cc1. The van der Waals surface area contributed by atoms with E-state index < -0.39 is 0 Å². The number of hydrogen-bond acceptors (Lipinski definition) is 3. The zero-order valence-corrected chi connectivity index (χ0v) is 17.1. The Kier molecular flexibility index (Phi) is 5.59. The first-order chi connectivity index (χ1) is 12.0. The van der Waals surface area contributed by atoms with E-state index >= 15 is 0 Å². The van der Waals surface area contributed by atoms with Crippen molar-refractivity contribution in [3.05, 3.63) is 59.2 Å². The number of fused-ring (bicyclic) bond motifs is 1. The van der Waals surface area contributed by atoms with Crippen LogP contribution in [0.2, 0.25) is 0 Å². The zero-order chi connectivity index (χ0) is 17.9. The van der Waals surface area contributed by atoms with Crippen molar-refractivity contribution in [1.82, 2.24) is 0 Å². The van der Waals surface area contributed by atoms with Crippen LogP contribution in [-0.4, -0.2) is 33.8 Å². The fraction of sp³-hybridized carbons (Fsp3) is 0.286. The zero-order valence-electron chi connectivity index (χ0n) is 14.6. The van der Waals surface area contributed by atoms with E-state index in [1.54, 1.807) is 12.1 Å². The van der Waals surface area contributed by atoms with Crippen LogP contribution in [0.15, 0.2) is 47.4 Å². The first-order valence-corrected chi connectivity index (χ1v) is 10.8. The van der Waals surface area contributed by atoms with E-state index in [1.807, 2.05) is 23.9 Å². The first kappa shape index (κ1) is 18.1. The molecule has 0 aromatic heterocycles. The summed E-state index contributed by atoms with van der Waals surface area (Å²) in [5, 5.41) is 0. The summed E-state index contributed by atoms with van der Waals surface area (Å²) in [5.74, 6) is 4.08. The standard InChI is InChI=1S/C21H20O2SSe/c1-21(2)12-13-24-19-17(21)5-4-6-18(19)25-14-11-15-7-9-16(10-8-15)20(22)23-3/h4-10H,12-13H2,1-3H3. The number of benzene rings is 2. The summed E-state index contributed by atoms with van der Waals surface area (Å²) >= 11 is 2.09. The van der Waals surface area contributed by atoms with Crippen molar-refractivity contribution >= 4 is 37.1 Å². The summed E-state index contributed by atoms with van der Waals surface area (Å²) in [4.78, 5) is 16.2. The second kappa shape index (κ2) is 7.70. The average molecular weight is 415 g/mol. The van der Waals surface area contributed by atoms with Crippen LogP contribution in [0.4, 0.5) is 0 Å². The number of methoxy groups -OCH3 is 1. The summed E-state index contributed by atoms with van der Waals surface area (Å²) in [6, 6.07) is 13.9.